The minimum atomic E-state index is 0.431. The number of hydrogen-bond acceptors (Lipinski definition) is 2. The van der Waals surface area contributed by atoms with Crippen molar-refractivity contribution in [2.45, 2.75) is 37.8 Å². The van der Waals surface area contributed by atoms with Crippen LogP contribution >= 0.6 is 0 Å². The van der Waals surface area contributed by atoms with Gasteiger partial charge < -0.3 is 5.73 Å². The third kappa shape index (κ3) is 1.70. The van der Waals surface area contributed by atoms with Gasteiger partial charge in [-0.2, -0.15) is 0 Å². The third-order valence-electron chi connectivity index (χ3n) is 2.95. The maximum atomic E-state index is 5.87. The smallest absolute Gasteiger partial charge is 0.0278 e. The molecule has 12 heavy (non-hydrogen) atoms. The van der Waals surface area contributed by atoms with Gasteiger partial charge >= 0.3 is 0 Å². The van der Waals surface area contributed by atoms with E-state index in [4.69, 9.17) is 5.73 Å². The summed E-state index contributed by atoms with van der Waals surface area (Å²) in [5, 5.41) is 0. The molecule has 2 heteroatoms. The Kier molecular flexibility index (Phi) is 2.47. The van der Waals surface area contributed by atoms with E-state index in [1.165, 1.54) is 32.2 Å². The molecule has 1 fully saturated rings. The quantitative estimate of drug-likeness (QED) is 0.592. The average molecular weight is 166 g/mol. The number of nitrogens with two attached hydrogens (primary N) is 1. The van der Waals surface area contributed by atoms with Crippen molar-refractivity contribution in [3.05, 3.63) is 12.2 Å². The SMILES string of the molecule is NC1CCN(C2C=CCCC2)C1. The Bertz CT molecular complexity index is 177. The standard InChI is InChI=1S/C10H18N2/c11-9-6-7-12(8-9)10-4-2-1-3-5-10/h2,4,9-10H,1,3,5-8,11H2. The van der Waals surface area contributed by atoms with Gasteiger partial charge in [0.2, 0.25) is 0 Å². The second kappa shape index (κ2) is 3.58. The zero-order valence-electron chi connectivity index (χ0n) is 7.58. The van der Waals surface area contributed by atoms with Crippen LogP contribution in [0.2, 0.25) is 0 Å². The fourth-order valence-electron chi connectivity index (χ4n) is 2.22. The average Bonchev–Trinajstić information content (AvgIpc) is 2.54. The first kappa shape index (κ1) is 8.27. The van der Waals surface area contributed by atoms with Crippen LogP contribution < -0.4 is 5.73 Å². The summed E-state index contributed by atoms with van der Waals surface area (Å²) in [6.45, 7) is 2.31. The normalized spacial score (nSPS) is 37.4. The number of allylic oxidation sites excluding steroid dienone is 1. The van der Waals surface area contributed by atoms with E-state index in [9.17, 15) is 0 Å². The van der Waals surface area contributed by atoms with Gasteiger partial charge in [0.25, 0.3) is 0 Å². The molecule has 2 unspecified atom stereocenters. The van der Waals surface area contributed by atoms with Crippen LogP contribution in [0.3, 0.4) is 0 Å². The third-order valence-corrected chi connectivity index (χ3v) is 2.95. The Labute approximate surface area is 74.4 Å². The van der Waals surface area contributed by atoms with Crippen molar-refractivity contribution in [1.82, 2.24) is 4.90 Å². The Hall–Kier alpha value is -0.340. The number of rotatable bonds is 1. The first-order chi connectivity index (χ1) is 5.86. The largest absolute Gasteiger partial charge is 0.326 e. The van der Waals surface area contributed by atoms with Crippen LogP contribution in [-0.2, 0) is 0 Å². The summed E-state index contributed by atoms with van der Waals surface area (Å²) in [4.78, 5) is 2.53. The lowest BCUT2D eigenvalue weighted by Gasteiger charge is -2.26. The zero-order valence-corrected chi connectivity index (χ0v) is 7.58. The number of nitrogens with zero attached hydrogens (tertiary/aromatic N) is 1. The first-order valence-corrected chi connectivity index (χ1v) is 5.02. The van der Waals surface area contributed by atoms with Crippen LogP contribution in [-0.4, -0.2) is 30.1 Å². The monoisotopic (exact) mass is 166 g/mol. The van der Waals surface area contributed by atoms with E-state index in [0.29, 0.717) is 12.1 Å². The molecule has 0 aromatic heterocycles. The molecule has 0 aromatic rings. The van der Waals surface area contributed by atoms with Gasteiger partial charge in [-0.1, -0.05) is 12.2 Å². The molecule has 2 aliphatic rings. The number of likely N-dealkylation sites (tertiary alicyclic amines) is 1. The molecular weight excluding hydrogens is 148 g/mol. The van der Waals surface area contributed by atoms with Crippen LogP contribution in [0.5, 0.6) is 0 Å². The summed E-state index contributed by atoms with van der Waals surface area (Å²) in [6, 6.07) is 1.13. The van der Waals surface area contributed by atoms with E-state index in [2.05, 4.69) is 17.1 Å². The molecule has 2 atom stereocenters. The summed E-state index contributed by atoms with van der Waals surface area (Å²) in [5.74, 6) is 0. The molecule has 1 saturated heterocycles. The van der Waals surface area contributed by atoms with Gasteiger partial charge in [0.15, 0.2) is 0 Å². The van der Waals surface area contributed by atoms with Crippen molar-refractivity contribution in [2.24, 2.45) is 5.73 Å². The molecular formula is C10H18N2. The molecule has 2 rings (SSSR count). The summed E-state index contributed by atoms with van der Waals surface area (Å²) in [5.41, 5.74) is 5.87. The van der Waals surface area contributed by atoms with Crippen LogP contribution in [0, 0.1) is 0 Å². The van der Waals surface area contributed by atoms with Gasteiger partial charge in [-0.15, -0.1) is 0 Å². The maximum Gasteiger partial charge on any atom is 0.0278 e. The van der Waals surface area contributed by atoms with Crippen molar-refractivity contribution in [3.8, 4) is 0 Å². The molecule has 0 spiro atoms. The van der Waals surface area contributed by atoms with Gasteiger partial charge in [-0.25, -0.2) is 0 Å². The second-order valence-corrected chi connectivity index (χ2v) is 3.97. The highest BCUT2D eigenvalue weighted by Crippen LogP contribution is 2.20. The van der Waals surface area contributed by atoms with Gasteiger partial charge in [0, 0.05) is 25.2 Å². The lowest BCUT2D eigenvalue weighted by molar-refractivity contribution is 0.260. The summed E-state index contributed by atoms with van der Waals surface area (Å²) in [6.07, 6.45) is 9.83. The van der Waals surface area contributed by atoms with Crippen molar-refractivity contribution in [3.63, 3.8) is 0 Å². The van der Waals surface area contributed by atoms with E-state index < -0.39 is 0 Å². The molecule has 0 radical (unpaired) electrons. The molecule has 2 N–H and O–H groups in total. The molecule has 1 heterocycles. The molecule has 1 aliphatic heterocycles. The summed E-state index contributed by atoms with van der Waals surface area (Å²) in [7, 11) is 0. The van der Waals surface area contributed by atoms with E-state index in [1.54, 1.807) is 0 Å². The van der Waals surface area contributed by atoms with Crippen LogP contribution in [0.4, 0.5) is 0 Å². The van der Waals surface area contributed by atoms with Crippen molar-refractivity contribution in [2.75, 3.05) is 13.1 Å². The summed E-state index contributed by atoms with van der Waals surface area (Å²) < 4.78 is 0. The first-order valence-electron chi connectivity index (χ1n) is 5.02. The zero-order chi connectivity index (χ0) is 8.39. The second-order valence-electron chi connectivity index (χ2n) is 3.97. The highest BCUT2D eigenvalue weighted by Gasteiger charge is 2.24. The van der Waals surface area contributed by atoms with Gasteiger partial charge in [-0.05, 0) is 25.7 Å². The molecule has 0 amide bonds. The van der Waals surface area contributed by atoms with Crippen molar-refractivity contribution >= 4 is 0 Å². The van der Waals surface area contributed by atoms with Crippen molar-refractivity contribution < 1.29 is 0 Å². The Morgan fingerprint density at radius 2 is 2.25 bits per heavy atom. The van der Waals surface area contributed by atoms with Gasteiger partial charge in [0.1, 0.15) is 0 Å². The Balaban J connectivity index is 1.91. The fraction of sp³-hybridized carbons (Fsp3) is 0.800. The van der Waals surface area contributed by atoms with Crippen molar-refractivity contribution in [1.29, 1.82) is 0 Å². The van der Waals surface area contributed by atoms with E-state index in [-0.39, 0.29) is 0 Å². The lowest BCUT2D eigenvalue weighted by Crippen LogP contribution is -2.35. The number of hydrogen-bond donors (Lipinski definition) is 1. The summed E-state index contributed by atoms with van der Waals surface area (Å²) >= 11 is 0. The molecule has 68 valence electrons. The van der Waals surface area contributed by atoms with Gasteiger partial charge in [-0.3, -0.25) is 4.90 Å². The minimum absolute atomic E-state index is 0.431. The molecule has 2 nitrogen and oxygen atoms in total. The predicted octanol–water partition coefficient (Wildman–Crippen LogP) is 1.13. The highest BCUT2D eigenvalue weighted by atomic mass is 15.2. The molecule has 1 aliphatic carbocycles. The van der Waals surface area contributed by atoms with Gasteiger partial charge in [0.05, 0.1) is 0 Å². The highest BCUT2D eigenvalue weighted by molar-refractivity contribution is 5.00. The van der Waals surface area contributed by atoms with Crippen LogP contribution in [0.25, 0.3) is 0 Å². The fourth-order valence-corrected chi connectivity index (χ4v) is 2.22. The maximum absolute atomic E-state index is 5.87. The Morgan fingerprint density at radius 1 is 1.33 bits per heavy atom. The lowest BCUT2D eigenvalue weighted by atomic mass is 10.0. The van der Waals surface area contributed by atoms with E-state index in [0.717, 1.165) is 6.54 Å². The van der Waals surface area contributed by atoms with Crippen LogP contribution in [0.1, 0.15) is 25.7 Å². The molecule has 0 bridgehead atoms. The van der Waals surface area contributed by atoms with E-state index >= 15 is 0 Å². The minimum Gasteiger partial charge on any atom is -0.326 e. The topological polar surface area (TPSA) is 29.3 Å². The van der Waals surface area contributed by atoms with E-state index in [1.807, 2.05) is 0 Å². The molecule has 0 aromatic carbocycles. The molecule has 0 saturated carbocycles. The predicted molar refractivity (Wildman–Crippen MR) is 50.9 cm³/mol. The Morgan fingerprint density at radius 3 is 2.83 bits per heavy atom. The van der Waals surface area contributed by atoms with Crippen LogP contribution in [0.15, 0.2) is 12.2 Å².